The molecule has 14 heavy (non-hydrogen) atoms. The fourth-order valence-corrected chi connectivity index (χ4v) is 1.61. The lowest BCUT2D eigenvalue weighted by Crippen LogP contribution is -2.11. The van der Waals surface area contributed by atoms with Crippen molar-refractivity contribution in [3.63, 3.8) is 0 Å². The predicted molar refractivity (Wildman–Crippen MR) is 64.5 cm³/mol. The molecule has 0 spiro atoms. The second-order valence-electron chi connectivity index (χ2n) is 4.20. The second kappa shape index (κ2) is 5.82. The van der Waals surface area contributed by atoms with Gasteiger partial charge in [0.1, 0.15) is 0 Å². The number of benzene rings is 1. The van der Waals surface area contributed by atoms with Gasteiger partial charge in [0, 0.05) is 7.97 Å². The van der Waals surface area contributed by atoms with E-state index < -0.39 is 0 Å². The van der Waals surface area contributed by atoms with Gasteiger partial charge in [-0.05, 0) is 30.0 Å². The van der Waals surface area contributed by atoms with Crippen LogP contribution in [0.15, 0.2) is 24.3 Å². The lowest BCUT2D eigenvalue weighted by atomic mass is 10.0. The maximum atomic E-state index is 3.35. The molecule has 1 aromatic rings. The smallest absolute Gasteiger partial charge is 0.0205 e. The largest absolute Gasteiger partial charge is 0.313 e. The van der Waals surface area contributed by atoms with Gasteiger partial charge >= 0.3 is 0 Å². The molecule has 0 unspecified atom stereocenters. The Hall–Kier alpha value is -0.820. The van der Waals surface area contributed by atoms with Crippen LogP contribution in [0, 0.1) is 5.92 Å². The third kappa shape index (κ3) is 3.93. The SMILES string of the molecule is CCNCc1cccc(CC(C)C)c1.[HH]. The summed E-state index contributed by atoms with van der Waals surface area (Å²) >= 11 is 0. The molecule has 0 aliphatic heterocycles. The van der Waals surface area contributed by atoms with Crippen molar-refractivity contribution in [3.8, 4) is 0 Å². The standard InChI is InChI=1S/C13H21N.H2/c1-4-14-10-13-7-5-6-12(9-13)8-11(2)3;/h5-7,9,11,14H,4,8,10H2,1-3H3;1H. The Morgan fingerprint density at radius 3 is 2.64 bits per heavy atom. The molecule has 1 N–H and O–H groups in total. The summed E-state index contributed by atoms with van der Waals surface area (Å²) < 4.78 is 0. The topological polar surface area (TPSA) is 12.0 Å². The monoisotopic (exact) mass is 193 g/mol. The normalized spacial score (nSPS) is 10.9. The van der Waals surface area contributed by atoms with Gasteiger partial charge < -0.3 is 5.32 Å². The Labute approximate surface area is 89.0 Å². The highest BCUT2D eigenvalue weighted by Crippen LogP contribution is 2.10. The van der Waals surface area contributed by atoms with Gasteiger partial charge in [0.25, 0.3) is 0 Å². The molecule has 0 atom stereocenters. The Bertz CT molecular complexity index is 271. The quantitative estimate of drug-likeness (QED) is 0.757. The molecule has 1 aromatic carbocycles. The summed E-state index contributed by atoms with van der Waals surface area (Å²) in [6.45, 7) is 8.68. The van der Waals surface area contributed by atoms with Gasteiger partial charge in [-0.2, -0.15) is 0 Å². The summed E-state index contributed by atoms with van der Waals surface area (Å²) in [5, 5.41) is 3.35. The average Bonchev–Trinajstić information content (AvgIpc) is 2.14. The summed E-state index contributed by atoms with van der Waals surface area (Å²) in [6, 6.07) is 8.87. The van der Waals surface area contributed by atoms with Crippen LogP contribution in [0.3, 0.4) is 0 Å². The number of hydrogen-bond acceptors (Lipinski definition) is 1. The second-order valence-corrected chi connectivity index (χ2v) is 4.20. The summed E-state index contributed by atoms with van der Waals surface area (Å²) in [5.74, 6) is 0.740. The highest BCUT2D eigenvalue weighted by atomic mass is 14.8. The Morgan fingerprint density at radius 1 is 1.29 bits per heavy atom. The van der Waals surface area contributed by atoms with Gasteiger partial charge in [0.15, 0.2) is 0 Å². The Morgan fingerprint density at radius 2 is 2.00 bits per heavy atom. The molecule has 0 radical (unpaired) electrons. The van der Waals surface area contributed by atoms with Crippen molar-refractivity contribution in [2.75, 3.05) is 6.54 Å². The van der Waals surface area contributed by atoms with Crippen molar-refractivity contribution in [2.45, 2.75) is 33.7 Å². The van der Waals surface area contributed by atoms with E-state index in [1.54, 1.807) is 0 Å². The summed E-state index contributed by atoms with van der Waals surface area (Å²) in [5.41, 5.74) is 2.85. The number of hydrogen-bond donors (Lipinski definition) is 1. The molecule has 80 valence electrons. The predicted octanol–water partition coefficient (Wildman–Crippen LogP) is 3.24. The van der Waals surface area contributed by atoms with E-state index in [0.29, 0.717) is 0 Å². The molecule has 0 aliphatic rings. The molecule has 1 heteroatoms. The fraction of sp³-hybridized carbons (Fsp3) is 0.538. The summed E-state index contributed by atoms with van der Waals surface area (Å²) in [6.07, 6.45) is 1.18. The van der Waals surface area contributed by atoms with Gasteiger partial charge in [0.2, 0.25) is 0 Å². The maximum Gasteiger partial charge on any atom is 0.0205 e. The van der Waals surface area contributed by atoms with Crippen LogP contribution in [0.2, 0.25) is 0 Å². The van der Waals surface area contributed by atoms with E-state index in [4.69, 9.17) is 0 Å². The van der Waals surface area contributed by atoms with Gasteiger partial charge in [-0.3, -0.25) is 0 Å². The highest BCUT2D eigenvalue weighted by Gasteiger charge is 1.98. The maximum absolute atomic E-state index is 3.35. The first-order valence-electron chi connectivity index (χ1n) is 5.51. The van der Waals surface area contributed by atoms with Crippen LogP contribution >= 0.6 is 0 Å². The van der Waals surface area contributed by atoms with Crippen LogP contribution in [0.1, 0.15) is 33.3 Å². The van der Waals surface area contributed by atoms with Crippen molar-refractivity contribution in [2.24, 2.45) is 5.92 Å². The molecule has 0 saturated heterocycles. The zero-order chi connectivity index (χ0) is 10.4. The van der Waals surface area contributed by atoms with Gasteiger partial charge in [-0.25, -0.2) is 0 Å². The van der Waals surface area contributed by atoms with Crippen LogP contribution < -0.4 is 5.32 Å². The Kier molecular flexibility index (Phi) is 4.68. The van der Waals surface area contributed by atoms with E-state index in [2.05, 4.69) is 50.4 Å². The molecule has 0 aliphatic carbocycles. The first-order valence-corrected chi connectivity index (χ1v) is 5.51. The van der Waals surface area contributed by atoms with Crippen molar-refractivity contribution < 1.29 is 1.43 Å². The summed E-state index contributed by atoms with van der Waals surface area (Å²) in [7, 11) is 0. The Balaban J connectivity index is 0.00000196. The first kappa shape index (κ1) is 11.3. The minimum absolute atomic E-state index is 0. The average molecular weight is 193 g/mol. The van der Waals surface area contributed by atoms with Crippen LogP contribution in [0.25, 0.3) is 0 Å². The van der Waals surface area contributed by atoms with Crippen LogP contribution in [-0.2, 0) is 13.0 Å². The van der Waals surface area contributed by atoms with Crippen LogP contribution in [0.4, 0.5) is 0 Å². The number of nitrogens with one attached hydrogen (secondary N) is 1. The van der Waals surface area contributed by atoms with Crippen molar-refractivity contribution >= 4 is 0 Å². The minimum Gasteiger partial charge on any atom is -0.313 e. The molecule has 0 aromatic heterocycles. The fourth-order valence-electron chi connectivity index (χ4n) is 1.61. The molecule has 0 heterocycles. The summed E-state index contributed by atoms with van der Waals surface area (Å²) in [4.78, 5) is 0. The van der Waals surface area contributed by atoms with Crippen molar-refractivity contribution in [1.29, 1.82) is 0 Å². The minimum atomic E-state index is 0. The first-order chi connectivity index (χ1) is 6.72. The molecule has 0 bridgehead atoms. The van der Waals surface area contributed by atoms with Crippen molar-refractivity contribution in [1.82, 2.24) is 5.32 Å². The third-order valence-corrected chi connectivity index (χ3v) is 2.21. The zero-order valence-corrected chi connectivity index (χ0v) is 9.51. The lowest BCUT2D eigenvalue weighted by Gasteiger charge is -2.07. The molecular formula is C13H23N. The van der Waals surface area contributed by atoms with Gasteiger partial charge in [-0.1, -0.05) is 45.0 Å². The van der Waals surface area contributed by atoms with E-state index in [-0.39, 0.29) is 1.43 Å². The van der Waals surface area contributed by atoms with E-state index >= 15 is 0 Å². The van der Waals surface area contributed by atoms with E-state index in [9.17, 15) is 0 Å². The van der Waals surface area contributed by atoms with E-state index in [1.165, 1.54) is 17.5 Å². The van der Waals surface area contributed by atoms with Gasteiger partial charge in [-0.15, -0.1) is 0 Å². The van der Waals surface area contributed by atoms with Crippen molar-refractivity contribution in [3.05, 3.63) is 35.4 Å². The zero-order valence-electron chi connectivity index (χ0n) is 9.51. The lowest BCUT2D eigenvalue weighted by molar-refractivity contribution is 0.645. The van der Waals surface area contributed by atoms with Crippen LogP contribution in [-0.4, -0.2) is 6.54 Å². The molecule has 0 fully saturated rings. The van der Waals surface area contributed by atoms with Gasteiger partial charge in [0.05, 0.1) is 0 Å². The van der Waals surface area contributed by atoms with Crippen LogP contribution in [0.5, 0.6) is 0 Å². The molecule has 0 amide bonds. The molecule has 1 nitrogen and oxygen atoms in total. The van der Waals surface area contributed by atoms with E-state index in [1.807, 2.05) is 0 Å². The molecular weight excluding hydrogens is 170 g/mol. The molecule has 0 saturated carbocycles. The molecule has 1 rings (SSSR count). The van der Waals surface area contributed by atoms with E-state index in [0.717, 1.165) is 19.0 Å². The number of rotatable bonds is 5. The highest BCUT2D eigenvalue weighted by molar-refractivity contribution is 5.23. The third-order valence-electron chi connectivity index (χ3n) is 2.21.